The van der Waals surface area contributed by atoms with Gasteiger partial charge in [0.1, 0.15) is 6.10 Å². The molecule has 2 aromatic carbocycles. The lowest BCUT2D eigenvalue weighted by Crippen LogP contribution is -2.26. The number of urea groups is 1. The maximum atomic E-state index is 12.0. The predicted molar refractivity (Wildman–Crippen MR) is 97.9 cm³/mol. The van der Waals surface area contributed by atoms with Crippen molar-refractivity contribution in [3.05, 3.63) is 54.1 Å². The van der Waals surface area contributed by atoms with Gasteiger partial charge < -0.3 is 20.7 Å². The summed E-state index contributed by atoms with van der Waals surface area (Å²) in [6.45, 7) is 2.63. The Morgan fingerprint density at radius 3 is 1.92 bits per heavy atom. The standard InChI is InChI=1S/C19H21N3O3/c1-13-4-6-15(7-5-13)21-19(24)22-16-10-8-14(9-11-16)20-18(23)17-3-2-12-25-17/h4-11,17H,2-3,12H2,1H3,(H,20,23)(H2,21,22,24)/t17-/m1/s1. The first-order valence-corrected chi connectivity index (χ1v) is 8.27. The van der Waals surface area contributed by atoms with Gasteiger partial charge in [-0.25, -0.2) is 4.79 Å². The van der Waals surface area contributed by atoms with Crippen molar-refractivity contribution in [1.82, 2.24) is 0 Å². The average molecular weight is 339 g/mol. The third-order valence-electron chi connectivity index (χ3n) is 3.94. The number of ether oxygens (including phenoxy) is 1. The smallest absolute Gasteiger partial charge is 0.323 e. The molecule has 0 bridgehead atoms. The Bertz CT molecular complexity index is 736. The van der Waals surface area contributed by atoms with Crippen LogP contribution in [0.1, 0.15) is 18.4 Å². The minimum atomic E-state index is -0.363. The zero-order chi connectivity index (χ0) is 17.6. The van der Waals surface area contributed by atoms with Gasteiger partial charge in [0.25, 0.3) is 5.91 Å². The summed E-state index contributed by atoms with van der Waals surface area (Å²) in [5, 5.41) is 8.34. The number of aryl methyl sites for hydroxylation is 1. The molecule has 0 aliphatic carbocycles. The summed E-state index contributed by atoms with van der Waals surface area (Å²) >= 11 is 0. The minimum absolute atomic E-state index is 0.129. The first-order chi connectivity index (χ1) is 12.1. The molecule has 0 radical (unpaired) electrons. The van der Waals surface area contributed by atoms with Crippen LogP contribution < -0.4 is 16.0 Å². The molecule has 1 aliphatic heterocycles. The van der Waals surface area contributed by atoms with E-state index < -0.39 is 0 Å². The molecule has 1 aliphatic rings. The fourth-order valence-corrected chi connectivity index (χ4v) is 2.57. The molecule has 3 N–H and O–H groups in total. The summed E-state index contributed by atoms with van der Waals surface area (Å²) in [4.78, 5) is 24.0. The molecule has 0 saturated carbocycles. The summed E-state index contributed by atoms with van der Waals surface area (Å²) < 4.78 is 5.35. The predicted octanol–water partition coefficient (Wildman–Crippen LogP) is 3.76. The maximum absolute atomic E-state index is 12.0. The van der Waals surface area contributed by atoms with Crippen LogP contribution in [0.4, 0.5) is 21.9 Å². The molecule has 6 nitrogen and oxygen atoms in total. The maximum Gasteiger partial charge on any atom is 0.323 e. The Morgan fingerprint density at radius 2 is 1.40 bits per heavy atom. The summed E-state index contributed by atoms with van der Waals surface area (Å²) in [5.41, 5.74) is 3.17. The van der Waals surface area contributed by atoms with Gasteiger partial charge in [-0.15, -0.1) is 0 Å². The molecule has 1 saturated heterocycles. The second kappa shape index (κ2) is 7.81. The molecule has 3 amide bonds. The molecule has 130 valence electrons. The number of nitrogens with one attached hydrogen (secondary N) is 3. The van der Waals surface area contributed by atoms with Crippen LogP contribution in [0.2, 0.25) is 0 Å². The highest BCUT2D eigenvalue weighted by atomic mass is 16.5. The number of carbonyl (C=O) groups is 2. The van der Waals surface area contributed by atoms with Gasteiger partial charge in [0, 0.05) is 23.7 Å². The number of hydrogen-bond acceptors (Lipinski definition) is 3. The van der Waals surface area contributed by atoms with Gasteiger partial charge >= 0.3 is 6.03 Å². The molecule has 1 fully saturated rings. The lowest BCUT2D eigenvalue weighted by molar-refractivity contribution is -0.124. The normalized spacial score (nSPS) is 16.3. The second-order valence-electron chi connectivity index (χ2n) is 6.01. The van der Waals surface area contributed by atoms with E-state index in [1.165, 1.54) is 0 Å². The number of hydrogen-bond donors (Lipinski definition) is 3. The fraction of sp³-hybridized carbons (Fsp3) is 0.263. The Hall–Kier alpha value is -2.86. The molecule has 3 rings (SSSR count). The van der Waals surface area contributed by atoms with Crippen molar-refractivity contribution in [2.75, 3.05) is 22.6 Å². The number of carbonyl (C=O) groups excluding carboxylic acids is 2. The number of benzene rings is 2. The summed E-state index contributed by atoms with van der Waals surface area (Å²) in [6.07, 6.45) is 1.31. The summed E-state index contributed by atoms with van der Waals surface area (Å²) in [6, 6.07) is 14.2. The highest BCUT2D eigenvalue weighted by Gasteiger charge is 2.23. The van der Waals surface area contributed by atoms with E-state index in [9.17, 15) is 9.59 Å². The first kappa shape index (κ1) is 17.0. The monoisotopic (exact) mass is 339 g/mol. The van der Waals surface area contributed by atoms with Crippen LogP contribution in [-0.2, 0) is 9.53 Å². The fourth-order valence-electron chi connectivity index (χ4n) is 2.57. The molecular weight excluding hydrogens is 318 g/mol. The van der Waals surface area contributed by atoms with Gasteiger partial charge in [-0.1, -0.05) is 17.7 Å². The Labute approximate surface area is 146 Å². The van der Waals surface area contributed by atoms with E-state index in [4.69, 9.17) is 4.74 Å². The summed E-state index contributed by atoms with van der Waals surface area (Å²) in [7, 11) is 0. The van der Waals surface area contributed by atoms with Crippen molar-refractivity contribution >= 4 is 29.0 Å². The van der Waals surface area contributed by atoms with Crippen LogP contribution >= 0.6 is 0 Å². The lowest BCUT2D eigenvalue weighted by atomic mass is 10.2. The number of amides is 3. The first-order valence-electron chi connectivity index (χ1n) is 8.27. The van der Waals surface area contributed by atoms with Gasteiger partial charge in [-0.05, 0) is 56.2 Å². The van der Waals surface area contributed by atoms with Crippen molar-refractivity contribution in [2.45, 2.75) is 25.9 Å². The third-order valence-corrected chi connectivity index (χ3v) is 3.94. The largest absolute Gasteiger partial charge is 0.368 e. The third kappa shape index (κ3) is 4.81. The van der Waals surface area contributed by atoms with E-state index in [0.717, 1.165) is 24.1 Å². The molecule has 0 aromatic heterocycles. The number of anilines is 3. The van der Waals surface area contributed by atoms with Crippen molar-refractivity contribution in [1.29, 1.82) is 0 Å². The van der Waals surface area contributed by atoms with Crippen LogP contribution in [0, 0.1) is 6.92 Å². The van der Waals surface area contributed by atoms with Gasteiger partial charge in [0.2, 0.25) is 0 Å². The molecule has 0 unspecified atom stereocenters. The highest BCUT2D eigenvalue weighted by Crippen LogP contribution is 2.17. The van der Waals surface area contributed by atoms with Gasteiger partial charge in [-0.3, -0.25) is 4.79 Å². The van der Waals surface area contributed by atoms with Crippen molar-refractivity contribution in [3.8, 4) is 0 Å². The van der Waals surface area contributed by atoms with E-state index in [1.807, 2.05) is 31.2 Å². The van der Waals surface area contributed by atoms with E-state index >= 15 is 0 Å². The Balaban J connectivity index is 1.52. The van der Waals surface area contributed by atoms with E-state index in [2.05, 4.69) is 16.0 Å². The van der Waals surface area contributed by atoms with E-state index in [0.29, 0.717) is 18.0 Å². The Kier molecular flexibility index (Phi) is 5.30. The number of rotatable bonds is 4. The van der Waals surface area contributed by atoms with E-state index in [-0.39, 0.29) is 18.0 Å². The molecular formula is C19H21N3O3. The van der Waals surface area contributed by atoms with Gasteiger partial charge in [-0.2, -0.15) is 0 Å². The molecule has 1 heterocycles. The van der Waals surface area contributed by atoms with Crippen LogP contribution in [0.3, 0.4) is 0 Å². The van der Waals surface area contributed by atoms with Crippen LogP contribution in [0.25, 0.3) is 0 Å². The van der Waals surface area contributed by atoms with Gasteiger partial charge in [0.15, 0.2) is 0 Å². The molecule has 25 heavy (non-hydrogen) atoms. The molecule has 6 heteroatoms. The SMILES string of the molecule is Cc1ccc(NC(=O)Nc2ccc(NC(=O)[C@H]3CCCO3)cc2)cc1. The molecule has 2 aromatic rings. The van der Waals surface area contributed by atoms with Crippen molar-refractivity contribution < 1.29 is 14.3 Å². The van der Waals surface area contributed by atoms with Crippen molar-refractivity contribution in [2.24, 2.45) is 0 Å². The molecule has 0 spiro atoms. The molecule has 1 atom stereocenters. The van der Waals surface area contributed by atoms with Crippen LogP contribution in [-0.4, -0.2) is 24.6 Å². The summed E-state index contributed by atoms with van der Waals surface area (Å²) in [5.74, 6) is -0.129. The average Bonchev–Trinajstić information content (AvgIpc) is 3.13. The highest BCUT2D eigenvalue weighted by molar-refractivity contribution is 6.00. The quantitative estimate of drug-likeness (QED) is 0.793. The zero-order valence-corrected chi connectivity index (χ0v) is 14.0. The van der Waals surface area contributed by atoms with E-state index in [1.54, 1.807) is 24.3 Å². The van der Waals surface area contributed by atoms with Gasteiger partial charge in [0.05, 0.1) is 0 Å². The zero-order valence-electron chi connectivity index (χ0n) is 14.0. The second-order valence-corrected chi connectivity index (χ2v) is 6.01. The van der Waals surface area contributed by atoms with Crippen molar-refractivity contribution in [3.63, 3.8) is 0 Å². The Morgan fingerprint density at radius 1 is 0.880 bits per heavy atom. The van der Waals surface area contributed by atoms with Crippen LogP contribution in [0.15, 0.2) is 48.5 Å². The lowest BCUT2D eigenvalue weighted by Gasteiger charge is -2.11. The topological polar surface area (TPSA) is 79.5 Å². The van der Waals surface area contributed by atoms with Crippen LogP contribution in [0.5, 0.6) is 0 Å². The minimum Gasteiger partial charge on any atom is -0.368 e.